The standard InChI is InChI=1S/C8H16N/c1-8-4-6-9(2,3)7-5-8/h4,6,8H,5,7H2,1-3H3/q+1. The zero-order valence-electron chi connectivity index (χ0n) is 6.59. The van der Waals surface area contributed by atoms with Gasteiger partial charge in [-0.15, -0.1) is 0 Å². The van der Waals surface area contributed by atoms with Gasteiger partial charge in [0.25, 0.3) is 0 Å². The van der Waals surface area contributed by atoms with Crippen molar-refractivity contribution in [3.8, 4) is 0 Å². The number of hydrogen-bond acceptors (Lipinski definition) is 0. The second-order valence-corrected chi connectivity index (χ2v) is 3.61. The highest BCUT2D eigenvalue weighted by Crippen LogP contribution is 2.15. The summed E-state index contributed by atoms with van der Waals surface area (Å²) in [7, 11) is 4.48. The number of hydrogen-bond donors (Lipinski definition) is 0. The molecule has 0 saturated heterocycles. The maximum atomic E-state index is 2.31. The first-order valence-electron chi connectivity index (χ1n) is 3.62. The van der Waals surface area contributed by atoms with Crippen LogP contribution < -0.4 is 0 Å². The van der Waals surface area contributed by atoms with Crippen LogP contribution in [0.25, 0.3) is 0 Å². The van der Waals surface area contributed by atoms with Crippen molar-refractivity contribution in [1.29, 1.82) is 0 Å². The second kappa shape index (κ2) is 2.14. The van der Waals surface area contributed by atoms with Gasteiger partial charge in [0.05, 0.1) is 26.8 Å². The lowest BCUT2D eigenvalue weighted by Gasteiger charge is -2.29. The SMILES string of the molecule is CC1C=C[N+](C)(C)CC1. The van der Waals surface area contributed by atoms with E-state index >= 15 is 0 Å². The Morgan fingerprint density at radius 1 is 1.44 bits per heavy atom. The van der Waals surface area contributed by atoms with E-state index in [0.29, 0.717) is 0 Å². The molecule has 0 aromatic carbocycles. The highest BCUT2D eigenvalue weighted by Gasteiger charge is 2.17. The van der Waals surface area contributed by atoms with Crippen molar-refractivity contribution in [2.75, 3.05) is 20.6 Å². The summed E-state index contributed by atoms with van der Waals surface area (Å²) in [6.07, 6.45) is 5.93. The molecular weight excluding hydrogens is 110 g/mol. The topological polar surface area (TPSA) is 0 Å². The third kappa shape index (κ3) is 1.83. The Morgan fingerprint density at radius 2 is 2.11 bits per heavy atom. The highest BCUT2D eigenvalue weighted by molar-refractivity contribution is 4.83. The predicted molar refractivity (Wildman–Crippen MR) is 39.9 cm³/mol. The molecule has 0 spiro atoms. The van der Waals surface area contributed by atoms with E-state index in [2.05, 4.69) is 33.3 Å². The van der Waals surface area contributed by atoms with Gasteiger partial charge in [-0.2, -0.15) is 0 Å². The van der Waals surface area contributed by atoms with Crippen LogP contribution in [0.4, 0.5) is 0 Å². The number of allylic oxidation sites excluding steroid dienone is 1. The summed E-state index contributed by atoms with van der Waals surface area (Å²) < 4.78 is 1.06. The minimum atomic E-state index is 0.802. The average molecular weight is 126 g/mol. The Balaban J connectivity index is 2.58. The fraction of sp³-hybridized carbons (Fsp3) is 0.750. The van der Waals surface area contributed by atoms with Crippen LogP contribution in [0.15, 0.2) is 12.3 Å². The van der Waals surface area contributed by atoms with Crippen LogP contribution in [0.2, 0.25) is 0 Å². The van der Waals surface area contributed by atoms with Crippen LogP contribution in [0.5, 0.6) is 0 Å². The first kappa shape index (κ1) is 6.81. The van der Waals surface area contributed by atoms with Gasteiger partial charge < -0.3 is 4.48 Å². The summed E-state index contributed by atoms with van der Waals surface area (Å²) in [5.74, 6) is 0.802. The molecule has 0 bridgehead atoms. The Kier molecular flexibility index (Phi) is 1.62. The smallest absolute Gasteiger partial charge is 0.0916 e. The van der Waals surface area contributed by atoms with Gasteiger partial charge in [-0.3, -0.25) is 0 Å². The van der Waals surface area contributed by atoms with Crippen LogP contribution in [-0.4, -0.2) is 25.1 Å². The van der Waals surface area contributed by atoms with Crippen LogP contribution in [0.1, 0.15) is 13.3 Å². The highest BCUT2D eigenvalue weighted by atomic mass is 15.3. The fourth-order valence-electron chi connectivity index (χ4n) is 1.09. The molecule has 1 atom stereocenters. The van der Waals surface area contributed by atoms with Crippen LogP contribution in [-0.2, 0) is 0 Å². The zero-order chi connectivity index (χ0) is 6.91. The predicted octanol–water partition coefficient (Wildman–Crippen LogP) is 1.62. The van der Waals surface area contributed by atoms with E-state index in [1.165, 1.54) is 13.0 Å². The summed E-state index contributed by atoms with van der Waals surface area (Å²) >= 11 is 0. The quantitative estimate of drug-likeness (QED) is 0.433. The molecule has 1 rings (SSSR count). The monoisotopic (exact) mass is 126 g/mol. The van der Waals surface area contributed by atoms with Gasteiger partial charge in [0.1, 0.15) is 0 Å². The molecule has 0 amide bonds. The number of nitrogens with zero attached hydrogens (tertiary/aromatic N) is 1. The number of rotatable bonds is 0. The Bertz CT molecular complexity index is 125. The third-order valence-electron chi connectivity index (χ3n) is 1.98. The van der Waals surface area contributed by atoms with E-state index in [0.717, 1.165) is 10.4 Å². The van der Waals surface area contributed by atoms with Crippen molar-refractivity contribution in [2.45, 2.75) is 13.3 Å². The van der Waals surface area contributed by atoms with Crippen LogP contribution >= 0.6 is 0 Å². The first-order valence-corrected chi connectivity index (χ1v) is 3.62. The van der Waals surface area contributed by atoms with Crippen LogP contribution in [0.3, 0.4) is 0 Å². The molecule has 0 N–H and O–H groups in total. The van der Waals surface area contributed by atoms with E-state index in [1.807, 2.05) is 0 Å². The van der Waals surface area contributed by atoms with Gasteiger partial charge in [-0.05, 0) is 12.0 Å². The lowest BCUT2D eigenvalue weighted by atomic mass is 10.0. The second-order valence-electron chi connectivity index (χ2n) is 3.61. The lowest BCUT2D eigenvalue weighted by Crippen LogP contribution is -2.37. The van der Waals surface area contributed by atoms with Crippen molar-refractivity contribution in [2.24, 2.45) is 5.92 Å². The Labute approximate surface area is 57.6 Å². The van der Waals surface area contributed by atoms with Gasteiger partial charge in [-0.25, -0.2) is 0 Å². The number of quaternary nitrogens is 1. The van der Waals surface area contributed by atoms with Gasteiger partial charge in [0.15, 0.2) is 0 Å². The third-order valence-corrected chi connectivity index (χ3v) is 1.98. The van der Waals surface area contributed by atoms with E-state index in [9.17, 15) is 0 Å². The molecule has 0 saturated carbocycles. The molecule has 1 nitrogen and oxygen atoms in total. The maximum Gasteiger partial charge on any atom is 0.0916 e. The first-order chi connectivity index (χ1) is 4.10. The zero-order valence-corrected chi connectivity index (χ0v) is 6.59. The maximum absolute atomic E-state index is 2.31. The van der Waals surface area contributed by atoms with Crippen molar-refractivity contribution in [3.05, 3.63) is 12.3 Å². The summed E-state index contributed by atoms with van der Waals surface area (Å²) in [5.41, 5.74) is 0. The summed E-state index contributed by atoms with van der Waals surface area (Å²) in [4.78, 5) is 0. The molecule has 0 aliphatic carbocycles. The summed E-state index contributed by atoms with van der Waals surface area (Å²) in [6, 6.07) is 0. The molecule has 9 heavy (non-hydrogen) atoms. The van der Waals surface area contributed by atoms with Crippen molar-refractivity contribution in [1.82, 2.24) is 0 Å². The fourth-order valence-corrected chi connectivity index (χ4v) is 1.09. The lowest BCUT2D eigenvalue weighted by molar-refractivity contribution is -0.841. The molecule has 0 aromatic rings. The van der Waals surface area contributed by atoms with Crippen molar-refractivity contribution < 1.29 is 4.48 Å². The van der Waals surface area contributed by atoms with Gasteiger partial charge in [0.2, 0.25) is 0 Å². The van der Waals surface area contributed by atoms with Crippen molar-refractivity contribution >= 4 is 0 Å². The van der Waals surface area contributed by atoms with Crippen molar-refractivity contribution in [3.63, 3.8) is 0 Å². The molecule has 1 heteroatoms. The van der Waals surface area contributed by atoms with E-state index in [1.54, 1.807) is 0 Å². The van der Waals surface area contributed by atoms with Gasteiger partial charge in [0, 0.05) is 6.42 Å². The molecule has 1 unspecified atom stereocenters. The van der Waals surface area contributed by atoms with E-state index in [-0.39, 0.29) is 0 Å². The minimum Gasteiger partial charge on any atom is -0.302 e. The Hall–Kier alpha value is -0.300. The van der Waals surface area contributed by atoms with E-state index < -0.39 is 0 Å². The largest absolute Gasteiger partial charge is 0.302 e. The van der Waals surface area contributed by atoms with Gasteiger partial charge >= 0.3 is 0 Å². The van der Waals surface area contributed by atoms with Crippen LogP contribution in [0, 0.1) is 5.92 Å². The molecule has 1 aliphatic heterocycles. The molecule has 0 radical (unpaired) electrons. The molecule has 0 aromatic heterocycles. The molecule has 1 aliphatic rings. The minimum absolute atomic E-state index is 0.802. The Morgan fingerprint density at radius 3 is 2.44 bits per heavy atom. The van der Waals surface area contributed by atoms with Gasteiger partial charge in [-0.1, -0.05) is 6.92 Å². The molecule has 1 heterocycles. The molecule has 0 fully saturated rings. The van der Waals surface area contributed by atoms with E-state index in [4.69, 9.17) is 0 Å². The summed E-state index contributed by atoms with van der Waals surface area (Å²) in [6.45, 7) is 3.56. The molecular formula is C8H16N+. The molecule has 52 valence electrons. The average Bonchev–Trinajstić information content (AvgIpc) is 1.78. The summed E-state index contributed by atoms with van der Waals surface area (Å²) in [5, 5.41) is 0. The normalized spacial score (nSPS) is 32.6.